The molecular weight excluding hydrogens is 252 g/mol. The molecule has 1 aliphatic carbocycles. The molecule has 1 amide bonds. The van der Waals surface area contributed by atoms with Gasteiger partial charge in [-0.25, -0.2) is 0 Å². The highest BCUT2D eigenvalue weighted by Gasteiger charge is 2.41. The van der Waals surface area contributed by atoms with Crippen molar-refractivity contribution in [2.45, 2.75) is 70.1 Å². The summed E-state index contributed by atoms with van der Waals surface area (Å²) in [7, 11) is 0. The lowest BCUT2D eigenvalue weighted by Gasteiger charge is -2.28. The molecule has 1 N–H and O–H groups in total. The molecule has 0 aromatic heterocycles. The number of nitrogens with zero attached hydrogens (tertiary/aromatic N) is 1. The maximum atomic E-state index is 12.6. The average molecular weight is 280 g/mol. The molecule has 3 unspecified atom stereocenters. The molecule has 2 saturated heterocycles. The summed E-state index contributed by atoms with van der Waals surface area (Å²) in [6.45, 7) is 4.76. The zero-order valence-electron chi connectivity index (χ0n) is 12.6. The summed E-state index contributed by atoms with van der Waals surface area (Å²) in [5.74, 6) is 1.03. The van der Waals surface area contributed by atoms with Crippen molar-refractivity contribution >= 4 is 5.91 Å². The summed E-state index contributed by atoms with van der Waals surface area (Å²) < 4.78 is 5.85. The highest BCUT2D eigenvalue weighted by atomic mass is 16.5. The summed E-state index contributed by atoms with van der Waals surface area (Å²) >= 11 is 0. The quantitative estimate of drug-likeness (QED) is 0.855. The van der Waals surface area contributed by atoms with Crippen LogP contribution in [-0.4, -0.2) is 48.7 Å². The molecule has 3 rings (SSSR count). The molecule has 0 spiro atoms. The molecule has 2 aliphatic heterocycles. The average Bonchev–Trinajstić information content (AvgIpc) is 3.24. The van der Waals surface area contributed by atoms with Gasteiger partial charge in [0.05, 0.1) is 12.1 Å². The molecule has 3 fully saturated rings. The highest BCUT2D eigenvalue weighted by molar-refractivity contribution is 5.81. The molecule has 114 valence electrons. The third kappa shape index (κ3) is 3.34. The van der Waals surface area contributed by atoms with E-state index in [0.29, 0.717) is 12.1 Å². The van der Waals surface area contributed by atoms with Crippen LogP contribution in [0.25, 0.3) is 0 Å². The van der Waals surface area contributed by atoms with Gasteiger partial charge < -0.3 is 15.0 Å². The van der Waals surface area contributed by atoms with Crippen LogP contribution in [0.1, 0.15) is 51.9 Å². The van der Waals surface area contributed by atoms with Gasteiger partial charge in [-0.2, -0.15) is 0 Å². The fourth-order valence-electron chi connectivity index (χ4n) is 3.64. The number of carbonyl (C=O) groups excluding carboxylic acids is 1. The van der Waals surface area contributed by atoms with Crippen molar-refractivity contribution in [2.24, 2.45) is 5.92 Å². The van der Waals surface area contributed by atoms with E-state index in [-0.39, 0.29) is 11.9 Å². The number of hydrogen-bond acceptors (Lipinski definition) is 3. The van der Waals surface area contributed by atoms with Crippen LogP contribution in [-0.2, 0) is 9.53 Å². The van der Waals surface area contributed by atoms with E-state index in [1.807, 2.05) is 6.92 Å². The molecular formula is C16H28N2O2. The van der Waals surface area contributed by atoms with E-state index in [1.165, 1.54) is 25.7 Å². The molecule has 0 aromatic rings. The minimum absolute atomic E-state index is 0.0685. The van der Waals surface area contributed by atoms with Crippen molar-refractivity contribution < 1.29 is 9.53 Å². The number of carbonyl (C=O) groups is 1. The lowest BCUT2D eigenvalue weighted by Crippen LogP contribution is -2.51. The monoisotopic (exact) mass is 280 g/mol. The normalized spacial score (nSPS) is 33.0. The van der Waals surface area contributed by atoms with Gasteiger partial charge in [-0.05, 0) is 44.9 Å². The number of rotatable bonds is 4. The fourth-order valence-corrected chi connectivity index (χ4v) is 3.64. The molecule has 0 radical (unpaired) electrons. The van der Waals surface area contributed by atoms with Gasteiger partial charge in [0.2, 0.25) is 5.91 Å². The predicted molar refractivity (Wildman–Crippen MR) is 78.5 cm³/mol. The minimum Gasteiger partial charge on any atom is -0.376 e. The van der Waals surface area contributed by atoms with E-state index >= 15 is 0 Å². The van der Waals surface area contributed by atoms with Crippen molar-refractivity contribution in [3.05, 3.63) is 0 Å². The Hall–Kier alpha value is -0.610. The van der Waals surface area contributed by atoms with Crippen molar-refractivity contribution in [3.8, 4) is 0 Å². The largest absolute Gasteiger partial charge is 0.376 e. The Labute approximate surface area is 122 Å². The molecule has 3 aliphatic rings. The minimum atomic E-state index is -0.0685. The number of hydrogen-bond donors (Lipinski definition) is 1. The van der Waals surface area contributed by atoms with Gasteiger partial charge in [0.25, 0.3) is 0 Å². The number of amides is 1. The maximum Gasteiger partial charge on any atom is 0.239 e. The van der Waals surface area contributed by atoms with Gasteiger partial charge in [-0.1, -0.05) is 12.8 Å². The second-order valence-electron chi connectivity index (χ2n) is 6.70. The van der Waals surface area contributed by atoms with Crippen molar-refractivity contribution in [1.29, 1.82) is 0 Å². The van der Waals surface area contributed by atoms with Crippen LogP contribution >= 0.6 is 0 Å². The van der Waals surface area contributed by atoms with Crippen LogP contribution in [0.5, 0.6) is 0 Å². The van der Waals surface area contributed by atoms with Gasteiger partial charge in [0.15, 0.2) is 0 Å². The van der Waals surface area contributed by atoms with Crippen molar-refractivity contribution in [2.75, 3.05) is 19.7 Å². The van der Waals surface area contributed by atoms with E-state index in [1.54, 1.807) is 0 Å². The standard InChI is InChI=1S/C16H28N2O2/c1-12(16(19)18-9-4-2-3-5-10-18)17-14-8-11-20-15(14)13-6-7-13/h12-15,17H,2-11H2,1H3. The first-order valence-electron chi connectivity index (χ1n) is 8.42. The number of nitrogens with one attached hydrogen (secondary N) is 1. The van der Waals surface area contributed by atoms with Crippen LogP contribution < -0.4 is 5.32 Å². The highest BCUT2D eigenvalue weighted by Crippen LogP contribution is 2.38. The Morgan fingerprint density at radius 3 is 2.50 bits per heavy atom. The Kier molecular flexibility index (Phi) is 4.61. The SMILES string of the molecule is CC(NC1CCOC1C1CC1)C(=O)N1CCCCCC1. The van der Waals surface area contributed by atoms with E-state index < -0.39 is 0 Å². The lowest BCUT2D eigenvalue weighted by molar-refractivity contribution is -0.133. The Morgan fingerprint density at radius 2 is 1.85 bits per heavy atom. The first-order chi connectivity index (χ1) is 9.75. The Bertz CT molecular complexity index is 335. The Morgan fingerprint density at radius 1 is 1.15 bits per heavy atom. The number of ether oxygens (including phenoxy) is 1. The molecule has 1 saturated carbocycles. The molecule has 4 heteroatoms. The van der Waals surface area contributed by atoms with Crippen molar-refractivity contribution in [1.82, 2.24) is 10.2 Å². The van der Waals surface area contributed by atoms with E-state index in [0.717, 1.165) is 44.9 Å². The second-order valence-corrected chi connectivity index (χ2v) is 6.70. The van der Waals surface area contributed by atoms with E-state index in [2.05, 4.69) is 10.2 Å². The van der Waals surface area contributed by atoms with Crippen LogP contribution in [0.3, 0.4) is 0 Å². The molecule has 0 bridgehead atoms. The van der Waals surface area contributed by atoms with Gasteiger partial charge >= 0.3 is 0 Å². The predicted octanol–water partition coefficient (Wildman–Crippen LogP) is 1.93. The summed E-state index contributed by atoms with van der Waals surface area (Å²) in [5.41, 5.74) is 0. The summed E-state index contributed by atoms with van der Waals surface area (Å²) in [4.78, 5) is 14.6. The molecule has 0 aromatic carbocycles. The molecule has 2 heterocycles. The first kappa shape index (κ1) is 14.3. The summed E-state index contributed by atoms with van der Waals surface area (Å²) in [6.07, 6.45) is 8.88. The van der Waals surface area contributed by atoms with Crippen molar-refractivity contribution in [3.63, 3.8) is 0 Å². The second kappa shape index (κ2) is 6.44. The third-order valence-corrected chi connectivity index (χ3v) is 4.97. The Balaban J connectivity index is 1.52. The maximum absolute atomic E-state index is 12.6. The molecule has 3 atom stereocenters. The molecule has 20 heavy (non-hydrogen) atoms. The summed E-state index contributed by atoms with van der Waals surface area (Å²) in [6, 6.07) is 0.314. The third-order valence-electron chi connectivity index (χ3n) is 4.97. The zero-order chi connectivity index (χ0) is 13.9. The smallest absolute Gasteiger partial charge is 0.239 e. The first-order valence-corrected chi connectivity index (χ1v) is 8.42. The number of likely N-dealkylation sites (tertiary alicyclic amines) is 1. The topological polar surface area (TPSA) is 41.6 Å². The fraction of sp³-hybridized carbons (Fsp3) is 0.938. The summed E-state index contributed by atoms with van der Waals surface area (Å²) in [5, 5.41) is 3.55. The van der Waals surface area contributed by atoms with E-state index in [9.17, 15) is 4.79 Å². The van der Waals surface area contributed by atoms with Crippen LogP contribution in [0.15, 0.2) is 0 Å². The van der Waals surface area contributed by atoms with Crippen LogP contribution in [0.2, 0.25) is 0 Å². The van der Waals surface area contributed by atoms with Crippen LogP contribution in [0.4, 0.5) is 0 Å². The van der Waals surface area contributed by atoms with E-state index in [4.69, 9.17) is 4.74 Å². The molecule has 4 nitrogen and oxygen atoms in total. The van der Waals surface area contributed by atoms with Gasteiger partial charge in [0, 0.05) is 25.7 Å². The lowest BCUT2D eigenvalue weighted by atomic mass is 10.0. The van der Waals surface area contributed by atoms with Gasteiger partial charge in [-0.3, -0.25) is 4.79 Å². The van der Waals surface area contributed by atoms with Crippen LogP contribution in [0, 0.1) is 5.92 Å². The zero-order valence-corrected chi connectivity index (χ0v) is 12.6. The van der Waals surface area contributed by atoms with Gasteiger partial charge in [-0.15, -0.1) is 0 Å². The van der Waals surface area contributed by atoms with Gasteiger partial charge in [0.1, 0.15) is 0 Å².